The summed E-state index contributed by atoms with van der Waals surface area (Å²) in [6, 6.07) is 8.02. The smallest absolute Gasteiger partial charge is 0.230 e. The molecule has 19 heavy (non-hydrogen) atoms. The normalized spacial score (nSPS) is 16.8. The van der Waals surface area contributed by atoms with Crippen LogP contribution in [0.5, 0.6) is 5.75 Å². The Morgan fingerprint density at radius 2 is 2.11 bits per heavy atom. The fourth-order valence-electron chi connectivity index (χ4n) is 2.35. The first-order valence-electron chi connectivity index (χ1n) is 6.83. The van der Waals surface area contributed by atoms with Crippen molar-refractivity contribution in [2.24, 2.45) is 5.92 Å². The molecule has 1 aliphatic rings. The van der Waals surface area contributed by atoms with Gasteiger partial charge >= 0.3 is 0 Å². The second-order valence-corrected chi connectivity index (χ2v) is 5.21. The van der Waals surface area contributed by atoms with E-state index < -0.39 is 0 Å². The number of nitrogens with one attached hydrogen (secondary N) is 1. The molecule has 0 spiro atoms. The van der Waals surface area contributed by atoms with E-state index >= 15 is 0 Å². The number of anilines is 1. The quantitative estimate of drug-likeness (QED) is 0.903. The molecular weight excluding hydrogens is 240 g/mol. The average molecular weight is 262 g/mol. The number of benzene rings is 1. The van der Waals surface area contributed by atoms with Gasteiger partial charge in [0.2, 0.25) is 5.91 Å². The van der Waals surface area contributed by atoms with Crippen LogP contribution in [0.2, 0.25) is 0 Å². The van der Waals surface area contributed by atoms with Crippen LogP contribution < -0.4 is 15.0 Å². The van der Waals surface area contributed by atoms with Crippen molar-refractivity contribution in [3.63, 3.8) is 0 Å². The number of carbonyl (C=O) groups is 1. The highest BCUT2D eigenvalue weighted by Gasteiger charge is 2.26. The molecule has 1 amide bonds. The number of likely N-dealkylation sites (N-methyl/N-ethyl adjacent to an activating group) is 1. The zero-order chi connectivity index (χ0) is 13.8. The molecule has 1 aliphatic heterocycles. The fourth-order valence-corrected chi connectivity index (χ4v) is 2.35. The maximum absolute atomic E-state index is 12.3. The molecule has 0 aromatic heterocycles. The molecule has 104 valence electrons. The van der Waals surface area contributed by atoms with Gasteiger partial charge in [-0.2, -0.15) is 0 Å². The summed E-state index contributed by atoms with van der Waals surface area (Å²) in [5, 5.41) is 3.29. The number of rotatable bonds is 4. The van der Waals surface area contributed by atoms with Gasteiger partial charge in [0.1, 0.15) is 5.75 Å². The molecule has 0 bridgehead atoms. The van der Waals surface area contributed by atoms with E-state index in [4.69, 9.17) is 4.74 Å². The number of hydrogen-bond acceptors (Lipinski definition) is 3. The van der Waals surface area contributed by atoms with Gasteiger partial charge in [0.25, 0.3) is 0 Å². The van der Waals surface area contributed by atoms with Gasteiger partial charge in [0.05, 0.1) is 18.7 Å². The summed E-state index contributed by atoms with van der Waals surface area (Å²) >= 11 is 0. The highest BCUT2D eigenvalue weighted by atomic mass is 16.5. The molecule has 0 radical (unpaired) electrons. The van der Waals surface area contributed by atoms with Crippen LogP contribution in [0.1, 0.15) is 20.3 Å². The van der Waals surface area contributed by atoms with Gasteiger partial charge in [-0.3, -0.25) is 4.79 Å². The van der Waals surface area contributed by atoms with Gasteiger partial charge in [-0.05, 0) is 25.1 Å². The molecule has 0 fully saturated rings. The largest absolute Gasteiger partial charge is 0.491 e. The number of fused-ring (bicyclic) bond motifs is 1. The van der Waals surface area contributed by atoms with E-state index in [-0.39, 0.29) is 11.9 Å². The van der Waals surface area contributed by atoms with Crippen LogP contribution in [0.3, 0.4) is 0 Å². The second-order valence-electron chi connectivity index (χ2n) is 5.21. The first-order chi connectivity index (χ1) is 9.13. The van der Waals surface area contributed by atoms with Crippen molar-refractivity contribution in [3.05, 3.63) is 24.3 Å². The summed E-state index contributed by atoms with van der Waals surface area (Å²) < 4.78 is 5.64. The Morgan fingerprint density at radius 1 is 1.37 bits per heavy atom. The molecule has 1 aromatic rings. The van der Waals surface area contributed by atoms with Crippen LogP contribution in [0.4, 0.5) is 5.69 Å². The predicted octanol–water partition coefficient (Wildman–Crippen LogP) is 2.05. The molecular formula is C15H22N2O2. The molecule has 1 atom stereocenters. The number of hydrogen-bond donors (Lipinski definition) is 1. The maximum Gasteiger partial charge on any atom is 0.230 e. The summed E-state index contributed by atoms with van der Waals surface area (Å²) in [4.78, 5) is 14.1. The molecule has 1 heterocycles. The SMILES string of the molecule is CNC(CN1C(=O)CCOc2ccccc21)C(C)C. The summed E-state index contributed by atoms with van der Waals surface area (Å²) in [7, 11) is 1.94. The van der Waals surface area contributed by atoms with E-state index in [0.29, 0.717) is 25.5 Å². The van der Waals surface area contributed by atoms with Crippen LogP contribution in [-0.4, -0.2) is 32.1 Å². The Hall–Kier alpha value is -1.55. The zero-order valence-electron chi connectivity index (χ0n) is 11.8. The standard InChI is InChI=1S/C15H22N2O2/c1-11(2)12(16-3)10-17-13-6-4-5-7-14(13)19-9-8-15(17)18/h4-7,11-12,16H,8-10H2,1-3H3. The van der Waals surface area contributed by atoms with Gasteiger partial charge in [-0.15, -0.1) is 0 Å². The first kappa shape index (κ1) is 13.9. The first-order valence-corrected chi connectivity index (χ1v) is 6.83. The van der Waals surface area contributed by atoms with Crippen molar-refractivity contribution < 1.29 is 9.53 Å². The Labute approximate surface area is 114 Å². The lowest BCUT2D eigenvalue weighted by atomic mass is 10.0. The minimum atomic E-state index is 0.130. The van der Waals surface area contributed by atoms with Crippen LogP contribution in [0, 0.1) is 5.92 Å². The number of carbonyl (C=O) groups excluding carboxylic acids is 1. The van der Waals surface area contributed by atoms with Gasteiger partial charge < -0.3 is 15.0 Å². The third-order valence-corrected chi connectivity index (χ3v) is 3.59. The summed E-state index contributed by atoms with van der Waals surface area (Å²) in [6.07, 6.45) is 0.434. The Balaban J connectivity index is 2.28. The molecule has 4 heteroatoms. The van der Waals surface area contributed by atoms with Crippen molar-refractivity contribution >= 4 is 11.6 Å². The highest BCUT2D eigenvalue weighted by Crippen LogP contribution is 2.31. The summed E-state index contributed by atoms with van der Waals surface area (Å²) in [5.74, 6) is 1.40. The lowest BCUT2D eigenvalue weighted by Crippen LogP contribution is -2.45. The van der Waals surface area contributed by atoms with Crippen molar-refractivity contribution in [2.75, 3.05) is 25.1 Å². The highest BCUT2D eigenvalue weighted by molar-refractivity contribution is 5.95. The molecule has 1 N–H and O–H groups in total. The third kappa shape index (κ3) is 3.07. The molecule has 1 unspecified atom stereocenters. The Bertz CT molecular complexity index is 446. The van der Waals surface area contributed by atoms with Gasteiger partial charge in [0, 0.05) is 12.6 Å². The van der Waals surface area contributed by atoms with E-state index in [2.05, 4.69) is 19.2 Å². The Kier molecular flexibility index (Phi) is 4.43. The minimum absolute atomic E-state index is 0.130. The van der Waals surface area contributed by atoms with Crippen molar-refractivity contribution in [1.82, 2.24) is 5.32 Å². The minimum Gasteiger partial charge on any atom is -0.491 e. The van der Waals surface area contributed by atoms with E-state index in [9.17, 15) is 4.79 Å². The van der Waals surface area contributed by atoms with Crippen LogP contribution in [0.25, 0.3) is 0 Å². The number of ether oxygens (including phenoxy) is 1. The van der Waals surface area contributed by atoms with Crippen LogP contribution >= 0.6 is 0 Å². The Morgan fingerprint density at radius 3 is 2.79 bits per heavy atom. The number of nitrogens with zero attached hydrogens (tertiary/aromatic N) is 1. The van der Waals surface area contributed by atoms with Gasteiger partial charge in [-0.1, -0.05) is 26.0 Å². The van der Waals surface area contributed by atoms with Gasteiger partial charge in [-0.25, -0.2) is 0 Å². The monoisotopic (exact) mass is 262 g/mol. The fraction of sp³-hybridized carbons (Fsp3) is 0.533. The molecule has 0 aliphatic carbocycles. The van der Waals surface area contributed by atoms with E-state index in [1.54, 1.807) is 0 Å². The molecule has 2 rings (SSSR count). The predicted molar refractivity (Wildman–Crippen MR) is 76.6 cm³/mol. The topological polar surface area (TPSA) is 41.6 Å². The van der Waals surface area contributed by atoms with E-state index in [0.717, 1.165) is 11.4 Å². The van der Waals surface area contributed by atoms with E-state index in [1.807, 2.05) is 36.2 Å². The average Bonchev–Trinajstić information content (AvgIpc) is 2.55. The third-order valence-electron chi connectivity index (χ3n) is 3.59. The van der Waals surface area contributed by atoms with Crippen LogP contribution in [-0.2, 0) is 4.79 Å². The molecule has 0 saturated carbocycles. The van der Waals surface area contributed by atoms with Crippen LogP contribution in [0.15, 0.2) is 24.3 Å². The second kappa shape index (κ2) is 6.06. The van der Waals surface area contributed by atoms with Gasteiger partial charge in [0.15, 0.2) is 0 Å². The lowest BCUT2D eigenvalue weighted by molar-refractivity contribution is -0.118. The zero-order valence-corrected chi connectivity index (χ0v) is 11.8. The molecule has 4 nitrogen and oxygen atoms in total. The van der Waals surface area contributed by atoms with Crippen molar-refractivity contribution in [1.29, 1.82) is 0 Å². The maximum atomic E-state index is 12.3. The summed E-state index contributed by atoms with van der Waals surface area (Å²) in [5.41, 5.74) is 0.880. The number of para-hydroxylation sites is 2. The lowest BCUT2D eigenvalue weighted by Gasteiger charge is -2.29. The molecule has 1 aromatic carbocycles. The summed E-state index contributed by atoms with van der Waals surface area (Å²) in [6.45, 7) is 5.45. The number of amides is 1. The van der Waals surface area contributed by atoms with Crippen molar-refractivity contribution in [2.45, 2.75) is 26.3 Å². The van der Waals surface area contributed by atoms with E-state index in [1.165, 1.54) is 0 Å². The van der Waals surface area contributed by atoms with Crippen molar-refractivity contribution in [3.8, 4) is 5.75 Å². The molecule has 0 saturated heterocycles.